The molecule has 0 saturated heterocycles. The summed E-state index contributed by atoms with van der Waals surface area (Å²) in [6, 6.07) is 9.37. The molecule has 1 aromatic carbocycles. The quantitative estimate of drug-likeness (QED) is 0.560. The summed E-state index contributed by atoms with van der Waals surface area (Å²) < 4.78 is 5.38. The summed E-state index contributed by atoms with van der Waals surface area (Å²) >= 11 is 0. The van der Waals surface area contributed by atoms with Crippen LogP contribution in [0.15, 0.2) is 36.9 Å². The van der Waals surface area contributed by atoms with Crippen molar-refractivity contribution in [3.8, 4) is 0 Å². The first-order valence-corrected chi connectivity index (χ1v) is 5.88. The molecule has 0 spiro atoms. The number of hydrogen-bond donors (Lipinski definition) is 1. The second-order valence-electron chi connectivity index (χ2n) is 4.28. The first-order valence-electron chi connectivity index (χ1n) is 5.88. The topological polar surface area (TPSA) is 21.3 Å². The van der Waals surface area contributed by atoms with Crippen LogP contribution in [-0.2, 0) is 17.9 Å². The van der Waals surface area contributed by atoms with Crippen LogP contribution in [0.1, 0.15) is 24.0 Å². The molecule has 0 bridgehead atoms. The van der Waals surface area contributed by atoms with Gasteiger partial charge in [0.25, 0.3) is 0 Å². The molecule has 1 saturated carbocycles. The van der Waals surface area contributed by atoms with Crippen LogP contribution in [0.2, 0.25) is 0 Å². The molecule has 1 aromatic rings. The maximum atomic E-state index is 5.38. The fourth-order valence-electron chi connectivity index (χ4n) is 1.56. The number of rotatable bonds is 7. The van der Waals surface area contributed by atoms with E-state index in [2.05, 4.69) is 36.2 Å². The van der Waals surface area contributed by atoms with Crippen molar-refractivity contribution >= 4 is 0 Å². The lowest BCUT2D eigenvalue weighted by Crippen LogP contribution is -2.15. The average Bonchev–Trinajstić information content (AvgIpc) is 3.12. The Labute approximate surface area is 97.3 Å². The minimum atomic E-state index is 0.616. The SMILES string of the molecule is C=CCOCc1ccc(CNC2CC2)cc1. The van der Waals surface area contributed by atoms with Crippen molar-refractivity contribution in [2.24, 2.45) is 0 Å². The number of nitrogens with one attached hydrogen (secondary N) is 1. The van der Waals surface area contributed by atoms with E-state index in [0.29, 0.717) is 13.2 Å². The third-order valence-electron chi connectivity index (χ3n) is 2.70. The minimum Gasteiger partial charge on any atom is -0.373 e. The van der Waals surface area contributed by atoms with Crippen molar-refractivity contribution in [3.63, 3.8) is 0 Å². The lowest BCUT2D eigenvalue weighted by atomic mass is 10.1. The van der Waals surface area contributed by atoms with Crippen LogP contribution >= 0.6 is 0 Å². The molecule has 0 unspecified atom stereocenters. The highest BCUT2D eigenvalue weighted by Crippen LogP contribution is 2.19. The third-order valence-corrected chi connectivity index (χ3v) is 2.70. The summed E-state index contributed by atoms with van der Waals surface area (Å²) in [6.45, 7) is 5.89. The Morgan fingerprint density at radius 1 is 1.25 bits per heavy atom. The predicted octanol–water partition coefficient (Wildman–Crippen LogP) is 2.64. The Morgan fingerprint density at radius 2 is 1.94 bits per heavy atom. The Bertz CT molecular complexity index is 327. The molecule has 1 fully saturated rings. The van der Waals surface area contributed by atoms with Gasteiger partial charge in [-0.1, -0.05) is 30.3 Å². The highest BCUT2D eigenvalue weighted by atomic mass is 16.5. The molecule has 1 aliphatic carbocycles. The zero-order valence-corrected chi connectivity index (χ0v) is 9.61. The predicted molar refractivity (Wildman–Crippen MR) is 66.2 cm³/mol. The van der Waals surface area contributed by atoms with Gasteiger partial charge >= 0.3 is 0 Å². The smallest absolute Gasteiger partial charge is 0.0721 e. The molecule has 0 aliphatic heterocycles. The molecule has 1 N–H and O–H groups in total. The molecule has 2 heteroatoms. The summed E-state index contributed by atoms with van der Waals surface area (Å²) in [5.41, 5.74) is 2.57. The Balaban J connectivity index is 1.76. The van der Waals surface area contributed by atoms with Crippen molar-refractivity contribution in [1.82, 2.24) is 5.32 Å². The van der Waals surface area contributed by atoms with Crippen LogP contribution < -0.4 is 5.32 Å². The molecule has 2 rings (SSSR count). The maximum Gasteiger partial charge on any atom is 0.0721 e. The molecule has 16 heavy (non-hydrogen) atoms. The Morgan fingerprint density at radius 3 is 2.56 bits per heavy atom. The van der Waals surface area contributed by atoms with Gasteiger partial charge in [0.1, 0.15) is 0 Å². The van der Waals surface area contributed by atoms with Gasteiger partial charge in [-0.2, -0.15) is 0 Å². The monoisotopic (exact) mass is 217 g/mol. The van der Waals surface area contributed by atoms with Gasteiger partial charge in [0.15, 0.2) is 0 Å². The van der Waals surface area contributed by atoms with E-state index in [1.807, 2.05) is 0 Å². The van der Waals surface area contributed by atoms with E-state index < -0.39 is 0 Å². The third kappa shape index (κ3) is 3.80. The summed E-state index contributed by atoms with van der Waals surface area (Å²) in [7, 11) is 0. The standard InChI is InChI=1S/C14H19NO/c1-2-9-16-11-13-5-3-12(4-6-13)10-15-14-7-8-14/h2-6,14-15H,1,7-11H2. The van der Waals surface area contributed by atoms with E-state index >= 15 is 0 Å². The fourth-order valence-corrected chi connectivity index (χ4v) is 1.56. The van der Waals surface area contributed by atoms with Crippen LogP contribution in [0, 0.1) is 0 Å². The maximum absolute atomic E-state index is 5.38. The Kier molecular flexibility index (Phi) is 4.14. The molecule has 0 amide bonds. The molecule has 0 radical (unpaired) electrons. The van der Waals surface area contributed by atoms with Crippen LogP contribution in [0.25, 0.3) is 0 Å². The fraction of sp³-hybridized carbons (Fsp3) is 0.429. The molecular formula is C14H19NO. The van der Waals surface area contributed by atoms with Crippen LogP contribution in [0.5, 0.6) is 0 Å². The minimum absolute atomic E-state index is 0.616. The van der Waals surface area contributed by atoms with E-state index in [4.69, 9.17) is 4.74 Å². The van der Waals surface area contributed by atoms with Gasteiger partial charge < -0.3 is 10.1 Å². The van der Waals surface area contributed by atoms with Gasteiger partial charge in [-0.25, -0.2) is 0 Å². The molecule has 1 aliphatic rings. The second-order valence-corrected chi connectivity index (χ2v) is 4.28. The van der Waals surface area contributed by atoms with Gasteiger partial charge in [-0.3, -0.25) is 0 Å². The van der Waals surface area contributed by atoms with Crippen molar-refractivity contribution in [1.29, 1.82) is 0 Å². The first kappa shape index (κ1) is 11.4. The van der Waals surface area contributed by atoms with Crippen LogP contribution in [0.3, 0.4) is 0 Å². The molecule has 0 heterocycles. The van der Waals surface area contributed by atoms with Gasteiger partial charge in [-0.05, 0) is 24.0 Å². The van der Waals surface area contributed by atoms with Crippen LogP contribution in [-0.4, -0.2) is 12.6 Å². The van der Waals surface area contributed by atoms with Crippen molar-refractivity contribution in [3.05, 3.63) is 48.0 Å². The van der Waals surface area contributed by atoms with Crippen LogP contribution in [0.4, 0.5) is 0 Å². The van der Waals surface area contributed by atoms with Gasteiger partial charge in [-0.15, -0.1) is 6.58 Å². The first-order chi connectivity index (χ1) is 7.88. The van der Waals surface area contributed by atoms with E-state index in [9.17, 15) is 0 Å². The van der Waals surface area contributed by atoms with E-state index in [-0.39, 0.29) is 0 Å². The average molecular weight is 217 g/mol. The molecular weight excluding hydrogens is 198 g/mol. The zero-order valence-electron chi connectivity index (χ0n) is 9.61. The zero-order chi connectivity index (χ0) is 11.2. The van der Waals surface area contributed by atoms with Crippen molar-refractivity contribution in [2.45, 2.75) is 32.0 Å². The molecule has 0 aromatic heterocycles. The summed E-state index contributed by atoms with van der Waals surface area (Å²) in [5.74, 6) is 0. The lowest BCUT2D eigenvalue weighted by molar-refractivity contribution is 0.149. The largest absolute Gasteiger partial charge is 0.373 e. The summed E-state index contributed by atoms with van der Waals surface area (Å²) in [6.07, 6.45) is 4.45. The number of hydrogen-bond acceptors (Lipinski definition) is 2. The van der Waals surface area contributed by atoms with E-state index in [1.54, 1.807) is 6.08 Å². The normalized spacial score (nSPS) is 15.0. The number of ether oxygens (including phenoxy) is 1. The highest BCUT2D eigenvalue weighted by Gasteiger charge is 2.19. The van der Waals surface area contributed by atoms with Crippen molar-refractivity contribution < 1.29 is 4.74 Å². The lowest BCUT2D eigenvalue weighted by Gasteiger charge is -2.05. The summed E-state index contributed by atoms with van der Waals surface area (Å²) in [4.78, 5) is 0. The number of benzene rings is 1. The highest BCUT2D eigenvalue weighted by molar-refractivity contribution is 5.22. The Hall–Kier alpha value is -1.12. The molecule has 86 valence electrons. The van der Waals surface area contributed by atoms with Crippen molar-refractivity contribution in [2.75, 3.05) is 6.61 Å². The van der Waals surface area contributed by atoms with E-state index in [0.717, 1.165) is 12.6 Å². The van der Waals surface area contributed by atoms with Gasteiger partial charge in [0.2, 0.25) is 0 Å². The molecule has 0 atom stereocenters. The summed E-state index contributed by atoms with van der Waals surface area (Å²) in [5, 5.41) is 3.50. The van der Waals surface area contributed by atoms with E-state index in [1.165, 1.54) is 24.0 Å². The molecule has 2 nitrogen and oxygen atoms in total. The van der Waals surface area contributed by atoms with Gasteiger partial charge in [0.05, 0.1) is 13.2 Å². The second kappa shape index (κ2) is 5.83. The van der Waals surface area contributed by atoms with Gasteiger partial charge in [0, 0.05) is 12.6 Å².